The van der Waals surface area contributed by atoms with E-state index in [1.54, 1.807) is 18.2 Å². The molecule has 23 heavy (non-hydrogen) atoms. The van der Waals surface area contributed by atoms with Crippen LogP contribution in [0.3, 0.4) is 0 Å². The normalized spacial score (nSPS) is 13.6. The number of benzene rings is 2. The molecule has 0 fully saturated rings. The van der Waals surface area contributed by atoms with E-state index in [-0.39, 0.29) is 5.82 Å². The number of rotatable bonds is 6. The number of nitriles is 1. The summed E-state index contributed by atoms with van der Waals surface area (Å²) in [5, 5.41) is 10.1. The van der Waals surface area contributed by atoms with Gasteiger partial charge in [0.25, 0.3) is 0 Å². The van der Waals surface area contributed by atoms with Crippen molar-refractivity contribution in [3.63, 3.8) is 0 Å². The highest BCUT2D eigenvalue weighted by Gasteiger charge is 2.38. The molecule has 120 valence electrons. The molecule has 0 aliphatic heterocycles. The standard InChI is InChI=1S/C20H23FN2/c1-4-16-9-5-6-10-17(16)20(15-22,13-14-23(2)3)18-11-7-8-12-19(18)21/h5-12H,4,13-14H2,1-3H3. The van der Waals surface area contributed by atoms with Crippen molar-refractivity contribution in [1.82, 2.24) is 4.90 Å². The van der Waals surface area contributed by atoms with E-state index in [1.165, 1.54) is 6.07 Å². The van der Waals surface area contributed by atoms with Gasteiger partial charge in [-0.1, -0.05) is 49.4 Å². The van der Waals surface area contributed by atoms with Crippen LogP contribution in [0.5, 0.6) is 0 Å². The van der Waals surface area contributed by atoms with Gasteiger partial charge >= 0.3 is 0 Å². The lowest BCUT2D eigenvalue weighted by molar-refractivity contribution is 0.367. The Morgan fingerprint density at radius 3 is 2.22 bits per heavy atom. The number of hydrogen-bond donors (Lipinski definition) is 0. The van der Waals surface area contributed by atoms with E-state index in [0.29, 0.717) is 18.5 Å². The number of nitrogens with zero attached hydrogens (tertiary/aromatic N) is 2. The van der Waals surface area contributed by atoms with Gasteiger partial charge in [0, 0.05) is 5.56 Å². The molecule has 2 rings (SSSR count). The highest BCUT2D eigenvalue weighted by molar-refractivity contribution is 5.50. The third-order valence-corrected chi connectivity index (χ3v) is 4.32. The van der Waals surface area contributed by atoms with Crippen molar-refractivity contribution in [3.05, 3.63) is 71.0 Å². The Morgan fingerprint density at radius 1 is 1.04 bits per heavy atom. The second kappa shape index (κ2) is 7.39. The Bertz CT molecular complexity index is 703. The Hall–Kier alpha value is -2.18. The molecule has 0 radical (unpaired) electrons. The summed E-state index contributed by atoms with van der Waals surface area (Å²) in [6.07, 6.45) is 1.37. The molecule has 1 unspecified atom stereocenters. The molecule has 0 aliphatic carbocycles. The average molecular weight is 310 g/mol. The summed E-state index contributed by atoms with van der Waals surface area (Å²) in [5.74, 6) is -0.321. The van der Waals surface area contributed by atoms with Crippen molar-refractivity contribution in [2.24, 2.45) is 0 Å². The molecule has 1 atom stereocenters. The summed E-state index contributed by atoms with van der Waals surface area (Å²) >= 11 is 0. The number of halogens is 1. The van der Waals surface area contributed by atoms with Crippen molar-refractivity contribution in [1.29, 1.82) is 5.26 Å². The van der Waals surface area contributed by atoms with Crippen molar-refractivity contribution in [3.8, 4) is 6.07 Å². The second-order valence-electron chi connectivity index (χ2n) is 6.06. The van der Waals surface area contributed by atoms with E-state index in [0.717, 1.165) is 17.5 Å². The van der Waals surface area contributed by atoms with E-state index >= 15 is 0 Å². The third kappa shape index (κ3) is 3.43. The highest BCUT2D eigenvalue weighted by atomic mass is 19.1. The smallest absolute Gasteiger partial charge is 0.128 e. The zero-order chi connectivity index (χ0) is 16.9. The molecule has 2 aromatic rings. The fraction of sp³-hybridized carbons (Fsp3) is 0.350. The quantitative estimate of drug-likeness (QED) is 0.801. The molecule has 0 saturated heterocycles. The maximum absolute atomic E-state index is 14.6. The highest BCUT2D eigenvalue weighted by Crippen LogP contribution is 2.38. The Kier molecular flexibility index (Phi) is 5.52. The minimum absolute atomic E-state index is 0.321. The predicted molar refractivity (Wildman–Crippen MR) is 91.8 cm³/mol. The van der Waals surface area contributed by atoms with E-state index in [9.17, 15) is 9.65 Å². The number of aryl methyl sites for hydroxylation is 1. The van der Waals surface area contributed by atoms with Crippen molar-refractivity contribution < 1.29 is 4.39 Å². The van der Waals surface area contributed by atoms with Crippen LogP contribution < -0.4 is 0 Å². The van der Waals surface area contributed by atoms with Crippen LogP contribution in [0.4, 0.5) is 4.39 Å². The van der Waals surface area contributed by atoms with Crippen molar-refractivity contribution in [2.75, 3.05) is 20.6 Å². The van der Waals surface area contributed by atoms with Gasteiger partial charge in [0.05, 0.1) is 6.07 Å². The van der Waals surface area contributed by atoms with Gasteiger partial charge in [-0.05, 0) is 50.7 Å². The Morgan fingerprint density at radius 2 is 1.65 bits per heavy atom. The molecule has 2 aromatic carbocycles. The molecule has 0 aliphatic rings. The number of hydrogen-bond acceptors (Lipinski definition) is 2. The topological polar surface area (TPSA) is 27.0 Å². The molecule has 0 bridgehead atoms. The van der Waals surface area contributed by atoms with Gasteiger partial charge in [-0.25, -0.2) is 4.39 Å². The van der Waals surface area contributed by atoms with Gasteiger partial charge in [0.15, 0.2) is 0 Å². The summed E-state index contributed by atoms with van der Waals surface area (Å²) < 4.78 is 14.6. The minimum Gasteiger partial charge on any atom is -0.309 e. The van der Waals surface area contributed by atoms with E-state index < -0.39 is 5.41 Å². The lowest BCUT2D eigenvalue weighted by atomic mass is 9.71. The van der Waals surface area contributed by atoms with Crippen LogP contribution in [0, 0.1) is 17.1 Å². The SMILES string of the molecule is CCc1ccccc1C(C#N)(CCN(C)C)c1ccccc1F. The fourth-order valence-electron chi connectivity index (χ4n) is 3.03. The van der Waals surface area contributed by atoms with Gasteiger partial charge in [0.1, 0.15) is 11.2 Å². The minimum atomic E-state index is -0.970. The predicted octanol–water partition coefficient (Wildman–Crippen LogP) is 4.15. The van der Waals surface area contributed by atoms with Crippen LogP contribution in [-0.2, 0) is 11.8 Å². The van der Waals surface area contributed by atoms with Crippen LogP contribution in [0.25, 0.3) is 0 Å². The first-order valence-electron chi connectivity index (χ1n) is 7.94. The Labute approximate surface area is 138 Å². The maximum Gasteiger partial charge on any atom is 0.128 e. The van der Waals surface area contributed by atoms with Crippen LogP contribution in [0.2, 0.25) is 0 Å². The van der Waals surface area contributed by atoms with Crippen molar-refractivity contribution >= 4 is 0 Å². The third-order valence-electron chi connectivity index (χ3n) is 4.32. The van der Waals surface area contributed by atoms with Crippen LogP contribution >= 0.6 is 0 Å². The fourth-order valence-corrected chi connectivity index (χ4v) is 3.03. The molecular formula is C20H23FN2. The molecule has 0 saturated carbocycles. The molecule has 0 spiro atoms. The lowest BCUT2D eigenvalue weighted by Crippen LogP contribution is -2.32. The monoisotopic (exact) mass is 310 g/mol. The molecule has 3 heteroatoms. The van der Waals surface area contributed by atoms with E-state index in [4.69, 9.17) is 0 Å². The van der Waals surface area contributed by atoms with Gasteiger partial charge in [-0.15, -0.1) is 0 Å². The molecule has 0 aromatic heterocycles. The molecule has 2 nitrogen and oxygen atoms in total. The van der Waals surface area contributed by atoms with Gasteiger partial charge in [0.2, 0.25) is 0 Å². The first-order chi connectivity index (χ1) is 11.0. The van der Waals surface area contributed by atoms with Gasteiger partial charge in [-0.2, -0.15) is 5.26 Å². The maximum atomic E-state index is 14.6. The van der Waals surface area contributed by atoms with Crippen LogP contribution in [-0.4, -0.2) is 25.5 Å². The van der Waals surface area contributed by atoms with Gasteiger partial charge in [-0.3, -0.25) is 0 Å². The average Bonchev–Trinajstić information content (AvgIpc) is 2.57. The molecular weight excluding hydrogens is 287 g/mol. The Balaban J connectivity index is 2.69. The first kappa shape index (κ1) is 17.2. The van der Waals surface area contributed by atoms with Crippen molar-refractivity contribution in [2.45, 2.75) is 25.2 Å². The lowest BCUT2D eigenvalue weighted by Gasteiger charge is -2.31. The summed E-state index contributed by atoms with van der Waals surface area (Å²) in [7, 11) is 3.93. The molecule has 0 N–H and O–H groups in total. The van der Waals surface area contributed by atoms with E-state index in [2.05, 4.69) is 13.0 Å². The van der Waals surface area contributed by atoms with E-state index in [1.807, 2.05) is 43.3 Å². The zero-order valence-electron chi connectivity index (χ0n) is 14.0. The van der Waals surface area contributed by atoms with Crippen LogP contribution in [0.1, 0.15) is 30.0 Å². The van der Waals surface area contributed by atoms with Gasteiger partial charge < -0.3 is 4.90 Å². The largest absolute Gasteiger partial charge is 0.309 e. The summed E-state index contributed by atoms with van der Waals surface area (Å²) in [6.45, 7) is 2.77. The molecule has 0 amide bonds. The summed E-state index contributed by atoms with van der Waals surface area (Å²) in [5.41, 5.74) is 1.50. The first-order valence-corrected chi connectivity index (χ1v) is 7.94. The zero-order valence-corrected chi connectivity index (χ0v) is 14.0. The summed E-state index contributed by atoms with van der Waals surface area (Å²) in [6, 6.07) is 17.0. The second-order valence-corrected chi connectivity index (χ2v) is 6.06. The molecule has 0 heterocycles. The summed E-state index contributed by atoms with van der Waals surface area (Å²) in [4.78, 5) is 2.03. The van der Waals surface area contributed by atoms with Crippen LogP contribution in [0.15, 0.2) is 48.5 Å².